The number of rotatable bonds is 2. The number of carbonyl (C=O) groups is 1. The van der Waals surface area contributed by atoms with E-state index in [-0.39, 0.29) is 24.4 Å². The average Bonchev–Trinajstić information content (AvgIpc) is 2.39. The minimum Gasteiger partial charge on any atom is -0.378 e. The largest absolute Gasteiger partial charge is 0.378 e. The van der Waals surface area contributed by atoms with Crippen molar-refractivity contribution in [3.8, 4) is 0 Å². The van der Waals surface area contributed by atoms with Gasteiger partial charge in [-0.2, -0.15) is 0 Å². The van der Waals surface area contributed by atoms with Crippen molar-refractivity contribution < 1.29 is 9.53 Å². The monoisotopic (exact) mass is 276 g/mol. The molecule has 2 aliphatic heterocycles. The van der Waals surface area contributed by atoms with E-state index in [1.54, 1.807) is 0 Å². The van der Waals surface area contributed by atoms with Crippen molar-refractivity contribution in [2.24, 2.45) is 5.41 Å². The van der Waals surface area contributed by atoms with Crippen molar-refractivity contribution in [1.29, 1.82) is 0 Å². The van der Waals surface area contributed by atoms with Gasteiger partial charge in [0.2, 0.25) is 5.91 Å². The van der Waals surface area contributed by atoms with Crippen LogP contribution in [0.4, 0.5) is 0 Å². The van der Waals surface area contributed by atoms with E-state index in [1.807, 2.05) is 4.90 Å². The number of hydrogen-bond acceptors (Lipinski definition) is 3. The molecule has 2 saturated heterocycles. The predicted molar refractivity (Wildman–Crippen MR) is 74.1 cm³/mol. The number of ether oxygens (including phenoxy) is 1. The molecule has 0 aromatic heterocycles. The molecule has 18 heavy (non-hydrogen) atoms. The Hall–Kier alpha value is -0.320. The number of morpholine rings is 1. The number of halogens is 1. The quantitative estimate of drug-likeness (QED) is 0.830. The maximum Gasteiger partial charge on any atom is 0.242 e. The first-order valence-electron chi connectivity index (χ1n) is 6.74. The lowest BCUT2D eigenvalue weighted by atomic mass is 9.79. The number of carbonyl (C=O) groups excluding carboxylic acids is 1. The molecule has 0 aliphatic carbocycles. The third kappa shape index (κ3) is 3.59. The lowest BCUT2D eigenvalue weighted by Gasteiger charge is -2.41. The van der Waals surface area contributed by atoms with E-state index in [4.69, 9.17) is 4.74 Å². The molecule has 106 valence electrons. The number of amides is 1. The van der Waals surface area contributed by atoms with Crippen LogP contribution in [0.5, 0.6) is 0 Å². The van der Waals surface area contributed by atoms with Gasteiger partial charge >= 0.3 is 0 Å². The molecule has 0 aromatic rings. The zero-order valence-corrected chi connectivity index (χ0v) is 12.2. The first-order chi connectivity index (χ1) is 8.14. The number of nitrogens with zero attached hydrogens (tertiary/aromatic N) is 1. The maximum absolute atomic E-state index is 12.3. The molecule has 2 heterocycles. The summed E-state index contributed by atoms with van der Waals surface area (Å²) < 4.78 is 5.36. The Balaban J connectivity index is 0.00000162. The van der Waals surface area contributed by atoms with Crippen LogP contribution in [0, 0.1) is 5.41 Å². The van der Waals surface area contributed by atoms with Crippen molar-refractivity contribution in [3.63, 3.8) is 0 Å². The molecule has 2 aliphatic rings. The van der Waals surface area contributed by atoms with Gasteiger partial charge in [-0.05, 0) is 24.7 Å². The van der Waals surface area contributed by atoms with E-state index < -0.39 is 0 Å². The standard InChI is InChI=1S/C13H24N2O2.ClH/c1-3-13(2)5-4-7-15(10-13)12(16)11-9-17-8-6-14-11;/h11,14H,3-10H2,1-2H3;1H. The van der Waals surface area contributed by atoms with Gasteiger partial charge in [-0.1, -0.05) is 13.8 Å². The number of hydrogen-bond donors (Lipinski definition) is 1. The molecule has 0 radical (unpaired) electrons. The Morgan fingerprint density at radius 1 is 1.56 bits per heavy atom. The van der Waals surface area contributed by atoms with Crippen molar-refractivity contribution in [2.45, 2.75) is 39.2 Å². The normalized spacial score (nSPS) is 32.8. The highest BCUT2D eigenvalue weighted by Crippen LogP contribution is 2.32. The number of nitrogens with one attached hydrogen (secondary N) is 1. The number of piperidine rings is 1. The van der Waals surface area contributed by atoms with E-state index in [2.05, 4.69) is 19.2 Å². The fraction of sp³-hybridized carbons (Fsp3) is 0.923. The zero-order chi connectivity index (χ0) is 12.3. The molecule has 0 saturated carbocycles. The molecule has 2 atom stereocenters. The van der Waals surface area contributed by atoms with Crippen LogP contribution in [0.15, 0.2) is 0 Å². The van der Waals surface area contributed by atoms with Crippen LogP contribution in [-0.2, 0) is 9.53 Å². The van der Waals surface area contributed by atoms with Crippen molar-refractivity contribution >= 4 is 18.3 Å². The van der Waals surface area contributed by atoms with E-state index >= 15 is 0 Å². The minimum atomic E-state index is -0.122. The van der Waals surface area contributed by atoms with Gasteiger partial charge in [0.1, 0.15) is 6.04 Å². The molecule has 2 unspecified atom stereocenters. The number of likely N-dealkylation sites (tertiary alicyclic amines) is 1. The van der Waals surface area contributed by atoms with Gasteiger partial charge in [-0.3, -0.25) is 4.79 Å². The van der Waals surface area contributed by atoms with Gasteiger partial charge in [0.15, 0.2) is 0 Å². The summed E-state index contributed by atoms with van der Waals surface area (Å²) in [7, 11) is 0. The summed E-state index contributed by atoms with van der Waals surface area (Å²) in [4.78, 5) is 14.4. The maximum atomic E-state index is 12.3. The molecular weight excluding hydrogens is 252 g/mol. The first kappa shape index (κ1) is 15.7. The van der Waals surface area contributed by atoms with Crippen LogP contribution in [0.2, 0.25) is 0 Å². The highest BCUT2D eigenvalue weighted by molar-refractivity contribution is 5.85. The molecule has 1 amide bonds. The molecule has 2 fully saturated rings. The molecule has 2 rings (SSSR count). The molecule has 0 spiro atoms. The summed E-state index contributed by atoms with van der Waals surface area (Å²) >= 11 is 0. The fourth-order valence-electron chi connectivity index (χ4n) is 2.74. The molecule has 4 nitrogen and oxygen atoms in total. The lowest BCUT2D eigenvalue weighted by molar-refractivity contribution is -0.139. The van der Waals surface area contributed by atoms with Crippen LogP contribution in [0.1, 0.15) is 33.1 Å². The second-order valence-electron chi connectivity index (χ2n) is 5.61. The van der Waals surface area contributed by atoms with Crippen molar-refractivity contribution in [1.82, 2.24) is 10.2 Å². The SMILES string of the molecule is CCC1(C)CCCN(C(=O)C2COCCN2)C1.Cl. The van der Waals surface area contributed by atoms with E-state index in [0.717, 1.165) is 39.1 Å². The fourth-order valence-corrected chi connectivity index (χ4v) is 2.74. The van der Waals surface area contributed by atoms with Crippen LogP contribution in [-0.4, -0.2) is 49.7 Å². The molecule has 1 N–H and O–H groups in total. The third-order valence-corrected chi connectivity index (χ3v) is 4.17. The summed E-state index contributed by atoms with van der Waals surface area (Å²) in [5.74, 6) is 0.226. The molecule has 0 aromatic carbocycles. The van der Waals surface area contributed by atoms with Gasteiger partial charge in [-0.15, -0.1) is 12.4 Å². The van der Waals surface area contributed by atoms with Crippen LogP contribution in [0.3, 0.4) is 0 Å². The van der Waals surface area contributed by atoms with Crippen LogP contribution in [0.25, 0.3) is 0 Å². The van der Waals surface area contributed by atoms with Crippen molar-refractivity contribution in [3.05, 3.63) is 0 Å². The van der Waals surface area contributed by atoms with E-state index in [0.29, 0.717) is 12.0 Å². The topological polar surface area (TPSA) is 41.6 Å². The Bertz CT molecular complexity index is 282. The highest BCUT2D eigenvalue weighted by Gasteiger charge is 2.34. The van der Waals surface area contributed by atoms with Gasteiger partial charge in [-0.25, -0.2) is 0 Å². The van der Waals surface area contributed by atoms with Crippen molar-refractivity contribution in [2.75, 3.05) is 32.8 Å². The van der Waals surface area contributed by atoms with Gasteiger partial charge in [0, 0.05) is 19.6 Å². The van der Waals surface area contributed by atoms with Crippen LogP contribution < -0.4 is 5.32 Å². The Morgan fingerprint density at radius 3 is 2.94 bits per heavy atom. The summed E-state index contributed by atoms with van der Waals surface area (Å²) in [6, 6.07) is -0.122. The van der Waals surface area contributed by atoms with Gasteiger partial charge < -0.3 is 15.0 Å². The van der Waals surface area contributed by atoms with Crippen LogP contribution >= 0.6 is 12.4 Å². The smallest absolute Gasteiger partial charge is 0.242 e. The predicted octanol–water partition coefficient (Wildman–Crippen LogP) is 1.44. The minimum absolute atomic E-state index is 0. The summed E-state index contributed by atoms with van der Waals surface area (Å²) in [5, 5.41) is 3.25. The van der Waals surface area contributed by atoms with E-state index in [1.165, 1.54) is 6.42 Å². The Labute approximate surface area is 116 Å². The highest BCUT2D eigenvalue weighted by atomic mass is 35.5. The van der Waals surface area contributed by atoms with E-state index in [9.17, 15) is 4.79 Å². The van der Waals surface area contributed by atoms with Gasteiger partial charge in [0.25, 0.3) is 0 Å². The first-order valence-corrected chi connectivity index (χ1v) is 6.74. The molecule has 5 heteroatoms. The third-order valence-electron chi connectivity index (χ3n) is 4.17. The zero-order valence-electron chi connectivity index (χ0n) is 11.4. The summed E-state index contributed by atoms with van der Waals surface area (Å²) in [5.41, 5.74) is 0.309. The van der Waals surface area contributed by atoms with Gasteiger partial charge in [0.05, 0.1) is 13.2 Å². The Morgan fingerprint density at radius 2 is 2.33 bits per heavy atom. The second kappa shape index (κ2) is 6.73. The summed E-state index contributed by atoms with van der Waals surface area (Å²) in [6.07, 6.45) is 3.51. The second-order valence-corrected chi connectivity index (χ2v) is 5.61. The molecule has 0 bridgehead atoms. The summed E-state index contributed by atoms with van der Waals surface area (Å²) in [6.45, 7) is 8.35. The Kier molecular flexibility index (Phi) is 5.89. The molecular formula is C13H25ClN2O2. The lowest BCUT2D eigenvalue weighted by Crippen LogP contribution is -2.55. The average molecular weight is 277 g/mol.